The molecule has 2 aliphatic heterocycles. The number of hydrogen-bond acceptors (Lipinski definition) is 5. The Morgan fingerprint density at radius 1 is 0.759 bits per heavy atom. The summed E-state index contributed by atoms with van der Waals surface area (Å²) in [5.41, 5.74) is 1.93. The quantitative estimate of drug-likeness (QED) is 0.787. The van der Waals surface area contributed by atoms with Crippen LogP contribution in [-0.2, 0) is 11.3 Å². The van der Waals surface area contributed by atoms with Crippen LogP contribution in [0.3, 0.4) is 0 Å². The molecule has 0 bridgehead atoms. The number of amides is 2. The molecule has 2 fully saturated rings. The van der Waals surface area contributed by atoms with E-state index >= 15 is 0 Å². The van der Waals surface area contributed by atoms with Crippen LogP contribution in [0.1, 0.15) is 26.5 Å². The minimum atomic E-state index is -0.143. The monoisotopic (exact) mass is 394 g/mol. The molecule has 0 saturated carbocycles. The lowest BCUT2D eigenvalue weighted by molar-refractivity contribution is 0.0299. The number of nitrogens with zero attached hydrogens (tertiary/aromatic N) is 4. The summed E-state index contributed by atoms with van der Waals surface area (Å²) in [6.45, 7) is 6.06. The van der Waals surface area contributed by atoms with Gasteiger partial charge in [0.25, 0.3) is 11.8 Å². The highest BCUT2D eigenvalue weighted by molar-refractivity contribution is 5.96. The lowest BCUT2D eigenvalue weighted by Crippen LogP contribution is -2.48. The second-order valence-corrected chi connectivity index (χ2v) is 7.37. The van der Waals surface area contributed by atoms with Gasteiger partial charge in [0.15, 0.2) is 0 Å². The van der Waals surface area contributed by atoms with Crippen LogP contribution in [0.2, 0.25) is 0 Å². The van der Waals surface area contributed by atoms with E-state index in [1.165, 1.54) is 5.56 Å². The highest BCUT2D eigenvalue weighted by atomic mass is 16.5. The fourth-order valence-electron chi connectivity index (χ4n) is 3.71. The van der Waals surface area contributed by atoms with Gasteiger partial charge in [-0.25, -0.2) is 4.98 Å². The van der Waals surface area contributed by atoms with E-state index in [-0.39, 0.29) is 11.8 Å². The van der Waals surface area contributed by atoms with E-state index in [0.29, 0.717) is 50.8 Å². The highest BCUT2D eigenvalue weighted by Crippen LogP contribution is 2.12. The number of rotatable bonds is 4. The van der Waals surface area contributed by atoms with E-state index in [1.54, 1.807) is 23.1 Å². The first kappa shape index (κ1) is 19.5. The van der Waals surface area contributed by atoms with E-state index in [4.69, 9.17) is 4.74 Å². The number of benzene rings is 1. The first-order chi connectivity index (χ1) is 14.2. The van der Waals surface area contributed by atoms with Crippen LogP contribution in [0.25, 0.3) is 0 Å². The molecule has 2 aliphatic rings. The second kappa shape index (κ2) is 9.15. The van der Waals surface area contributed by atoms with Crippen LogP contribution in [0.15, 0.2) is 48.5 Å². The van der Waals surface area contributed by atoms with E-state index in [1.807, 2.05) is 23.1 Å². The first-order valence-electron chi connectivity index (χ1n) is 10.1. The number of pyridine rings is 1. The molecule has 7 heteroatoms. The lowest BCUT2D eigenvalue weighted by Gasteiger charge is -2.34. The molecule has 2 aromatic rings. The smallest absolute Gasteiger partial charge is 0.272 e. The molecular weight excluding hydrogens is 368 g/mol. The predicted octanol–water partition coefficient (Wildman–Crippen LogP) is 1.51. The molecule has 0 unspecified atom stereocenters. The van der Waals surface area contributed by atoms with Crippen molar-refractivity contribution in [3.05, 3.63) is 65.5 Å². The average Bonchev–Trinajstić information content (AvgIpc) is 2.80. The van der Waals surface area contributed by atoms with Crippen molar-refractivity contribution in [2.45, 2.75) is 6.54 Å². The predicted molar refractivity (Wildman–Crippen MR) is 109 cm³/mol. The van der Waals surface area contributed by atoms with Gasteiger partial charge in [0.2, 0.25) is 0 Å². The molecule has 2 saturated heterocycles. The van der Waals surface area contributed by atoms with Crippen LogP contribution < -0.4 is 0 Å². The Balaban J connectivity index is 1.35. The first-order valence-corrected chi connectivity index (χ1v) is 10.1. The molecule has 3 heterocycles. The molecule has 29 heavy (non-hydrogen) atoms. The fraction of sp³-hybridized carbons (Fsp3) is 0.409. The van der Waals surface area contributed by atoms with E-state index in [0.717, 1.165) is 19.6 Å². The molecule has 1 aromatic heterocycles. The standard InChI is InChI=1S/C22H26N4O3/c27-21(25-11-9-24(10-12-25)17-18-5-2-1-3-6-18)19-7-4-8-20(23-19)22(28)26-13-15-29-16-14-26/h1-8H,9-17H2. The SMILES string of the molecule is O=C(c1cccc(C(=O)N2CCN(Cc3ccccc3)CC2)n1)N1CCOCC1. The van der Waals surface area contributed by atoms with Crippen molar-refractivity contribution in [3.8, 4) is 0 Å². The maximum absolute atomic E-state index is 12.9. The second-order valence-electron chi connectivity index (χ2n) is 7.37. The summed E-state index contributed by atoms with van der Waals surface area (Å²) in [6.07, 6.45) is 0. The molecule has 1 aromatic carbocycles. The average molecular weight is 394 g/mol. The summed E-state index contributed by atoms with van der Waals surface area (Å²) in [6, 6.07) is 15.5. The lowest BCUT2D eigenvalue weighted by atomic mass is 10.2. The molecule has 4 rings (SSSR count). The zero-order valence-corrected chi connectivity index (χ0v) is 16.5. The third kappa shape index (κ3) is 4.81. The Hall–Kier alpha value is -2.77. The van der Waals surface area contributed by atoms with Gasteiger partial charge in [-0.3, -0.25) is 14.5 Å². The topological polar surface area (TPSA) is 66.0 Å². The van der Waals surface area contributed by atoms with Crippen molar-refractivity contribution < 1.29 is 14.3 Å². The fourth-order valence-corrected chi connectivity index (χ4v) is 3.71. The van der Waals surface area contributed by atoms with Crippen LogP contribution in [-0.4, -0.2) is 84.0 Å². The molecule has 2 amide bonds. The highest BCUT2D eigenvalue weighted by Gasteiger charge is 2.25. The minimum Gasteiger partial charge on any atom is -0.378 e. The van der Waals surface area contributed by atoms with Gasteiger partial charge >= 0.3 is 0 Å². The van der Waals surface area contributed by atoms with Gasteiger partial charge in [0, 0.05) is 45.8 Å². The van der Waals surface area contributed by atoms with Crippen LogP contribution in [0.4, 0.5) is 0 Å². The number of carbonyl (C=O) groups is 2. The van der Waals surface area contributed by atoms with Crippen LogP contribution in [0, 0.1) is 0 Å². The molecule has 0 atom stereocenters. The van der Waals surface area contributed by atoms with E-state index in [2.05, 4.69) is 22.0 Å². The van der Waals surface area contributed by atoms with Crippen molar-refractivity contribution in [1.82, 2.24) is 19.7 Å². The van der Waals surface area contributed by atoms with Crippen molar-refractivity contribution >= 4 is 11.8 Å². The minimum absolute atomic E-state index is 0.110. The van der Waals surface area contributed by atoms with Gasteiger partial charge in [-0.1, -0.05) is 36.4 Å². The maximum atomic E-state index is 12.9. The zero-order chi connectivity index (χ0) is 20.1. The number of ether oxygens (including phenoxy) is 1. The Morgan fingerprint density at radius 3 is 1.97 bits per heavy atom. The zero-order valence-electron chi connectivity index (χ0n) is 16.5. The van der Waals surface area contributed by atoms with Gasteiger partial charge in [0.05, 0.1) is 13.2 Å². The molecule has 0 radical (unpaired) electrons. The third-order valence-electron chi connectivity index (χ3n) is 5.39. The molecule has 0 N–H and O–H groups in total. The van der Waals surface area contributed by atoms with Gasteiger partial charge in [-0.05, 0) is 17.7 Å². The summed E-state index contributed by atoms with van der Waals surface area (Å²) in [7, 11) is 0. The summed E-state index contributed by atoms with van der Waals surface area (Å²) in [4.78, 5) is 35.8. The van der Waals surface area contributed by atoms with Crippen LogP contribution in [0.5, 0.6) is 0 Å². The largest absolute Gasteiger partial charge is 0.378 e. The van der Waals surface area contributed by atoms with Gasteiger partial charge in [0.1, 0.15) is 11.4 Å². The third-order valence-corrected chi connectivity index (χ3v) is 5.39. The molecule has 0 spiro atoms. The number of carbonyl (C=O) groups excluding carboxylic acids is 2. The molecule has 152 valence electrons. The maximum Gasteiger partial charge on any atom is 0.272 e. The summed E-state index contributed by atoms with van der Waals surface area (Å²) >= 11 is 0. The van der Waals surface area contributed by atoms with Gasteiger partial charge < -0.3 is 14.5 Å². The molecule has 0 aliphatic carbocycles. The molecule has 7 nitrogen and oxygen atoms in total. The van der Waals surface area contributed by atoms with Gasteiger partial charge in [-0.15, -0.1) is 0 Å². The number of hydrogen-bond donors (Lipinski definition) is 0. The van der Waals surface area contributed by atoms with E-state index < -0.39 is 0 Å². The molecular formula is C22H26N4O3. The van der Waals surface area contributed by atoms with Crippen molar-refractivity contribution in [3.63, 3.8) is 0 Å². The number of morpholine rings is 1. The summed E-state index contributed by atoms with van der Waals surface area (Å²) < 4.78 is 5.29. The van der Waals surface area contributed by atoms with Gasteiger partial charge in [-0.2, -0.15) is 0 Å². The normalized spacial score (nSPS) is 17.9. The Kier molecular flexibility index (Phi) is 6.17. The van der Waals surface area contributed by atoms with Crippen LogP contribution >= 0.6 is 0 Å². The number of piperazine rings is 1. The summed E-state index contributed by atoms with van der Waals surface area (Å²) in [5, 5.41) is 0. The van der Waals surface area contributed by atoms with Crippen molar-refractivity contribution in [2.75, 3.05) is 52.5 Å². The summed E-state index contributed by atoms with van der Waals surface area (Å²) in [5.74, 6) is -0.253. The van der Waals surface area contributed by atoms with Crippen molar-refractivity contribution in [2.24, 2.45) is 0 Å². The Labute approximate surface area is 170 Å². The Morgan fingerprint density at radius 2 is 1.34 bits per heavy atom. The van der Waals surface area contributed by atoms with E-state index in [9.17, 15) is 9.59 Å². The Bertz CT molecular complexity index is 844. The van der Waals surface area contributed by atoms with Crippen molar-refractivity contribution in [1.29, 1.82) is 0 Å². The number of aromatic nitrogens is 1.